The van der Waals surface area contributed by atoms with Crippen molar-refractivity contribution in [2.45, 2.75) is 30.7 Å². The molecule has 2 aromatic carbocycles. The predicted molar refractivity (Wildman–Crippen MR) is 97.0 cm³/mol. The van der Waals surface area contributed by atoms with Gasteiger partial charge in [0.15, 0.2) is 0 Å². The molecule has 1 unspecified atom stereocenters. The molecule has 0 saturated carbocycles. The number of nitrogens with two attached hydrogens (primary N) is 1. The first-order valence-electron chi connectivity index (χ1n) is 8.40. The number of rotatable bonds is 4. The molecule has 5 heteroatoms. The Morgan fingerprint density at radius 1 is 1.00 bits per heavy atom. The lowest BCUT2D eigenvalue weighted by atomic mass is 9.92. The van der Waals surface area contributed by atoms with Gasteiger partial charge in [-0.25, -0.2) is 8.42 Å². The zero-order valence-corrected chi connectivity index (χ0v) is 14.7. The molecule has 0 aliphatic carbocycles. The van der Waals surface area contributed by atoms with E-state index in [4.69, 9.17) is 5.73 Å². The van der Waals surface area contributed by atoms with Crippen molar-refractivity contribution < 1.29 is 8.42 Å². The van der Waals surface area contributed by atoms with Crippen molar-refractivity contribution >= 4 is 10.0 Å². The van der Waals surface area contributed by atoms with Crippen molar-refractivity contribution in [3.63, 3.8) is 0 Å². The van der Waals surface area contributed by atoms with Crippen LogP contribution in [0.25, 0.3) is 11.1 Å². The van der Waals surface area contributed by atoms with E-state index in [1.165, 1.54) is 0 Å². The van der Waals surface area contributed by atoms with Crippen molar-refractivity contribution in [2.24, 2.45) is 11.7 Å². The summed E-state index contributed by atoms with van der Waals surface area (Å²) in [6.45, 7) is 3.09. The summed E-state index contributed by atoms with van der Waals surface area (Å²) in [5.41, 5.74) is 7.89. The van der Waals surface area contributed by atoms with E-state index >= 15 is 0 Å². The summed E-state index contributed by atoms with van der Waals surface area (Å²) in [6, 6.07) is 17.1. The normalized spacial score (nSPS) is 18.4. The molecule has 0 radical (unpaired) electrons. The maximum atomic E-state index is 12.9. The highest BCUT2D eigenvalue weighted by Crippen LogP contribution is 2.27. The monoisotopic (exact) mass is 344 g/mol. The average Bonchev–Trinajstić information content (AvgIpc) is 2.62. The van der Waals surface area contributed by atoms with Gasteiger partial charge in [0, 0.05) is 19.1 Å². The maximum Gasteiger partial charge on any atom is 0.243 e. The van der Waals surface area contributed by atoms with Crippen LogP contribution in [-0.2, 0) is 10.0 Å². The van der Waals surface area contributed by atoms with Crippen molar-refractivity contribution in [3.05, 3.63) is 54.6 Å². The number of piperidine rings is 1. The number of sulfonamides is 1. The van der Waals surface area contributed by atoms with Gasteiger partial charge < -0.3 is 5.73 Å². The van der Waals surface area contributed by atoms with Crippen molar-refractivity contribution in [1.82, 2.24) is 4.31 Å². The van der Waals surface area contributed by atoms with E-state index in [1.807, 2.05) is 49.4 Å². The molecular formula is C19H24N2O2S. The third kappa shape index (κ3) is 3.53. The summed E-state index contributed by atoms with van der Waals surface area (Å²) < 4.78 is 27.5. The Labute approximate surface area is 144 Å². The Bertz CT molecular complexity index is 780. The molecule has 1 heterocycles. The summed E-state index contributed by atoms with van der Waals surface area (Å²) in [5.74, 6) is 0.409. The van der Waals surface area contributed by atoms with Crippen LogP contribution in [0.4, 0.5) is 0 Å². The molecule has 1 atom stereocenters. The Kier molecular flexibility index (Phi) is 5.04. The van der Waals surface area contributed by atoms with E-state index in [2.05, 4.69) is 0 Å². The molecule has 2 aromatic rings. The van der Waals surface area contributed by atoms with Crippen LogP contribution in [0.1, 0.15) is 19.8 Å². The van der Waals surface area contributed by atoms with E-state index < -0.39 is 10.0 Å². The van der Waals surface area contributed by atoms with Gasteiger partial charge in [-0.3, -0.25) is 0 Å². The molecule has 24 heavy (non-hydrogen) atoms. The third-order valence-corrected chi connectivity index (χ3v) is 6.72. The summed E-state index contributed by atoms with van der Waals surface area (Å²) in [4.78, 5) is 0.364. The highest BCUT2D eigenvalue weighted by atomic mass is 32.2. The first-order chi connectivity index (χ1) is 11.5. The van der Waals surface area contributed by atoms with Gasteiger partial charge in [-0.1, -0.05) is 42.5 Å². The van der Waals surface area contributed by atoms with E-state index in [0.29, 0.717) is 23.9 Å². The van der Waals surface area contributed by atoms with Gasteiger partial charge in [-0.15, -0.1) is 0 Å². The van der Waals surface area contributed by atoms with Crippen LogP contribution < -0.4 is 5.73 Å². The topological polar surface area (TPSA) is 63.4 Å². The van der Waals surface area contributed by atoms with Gasteiger partial charge in [0.2, 0.25) is 10.0 Å². The summed E-state index contributed by atoms with van der Waals surface area (Å²) in [6.07, 6.45) is 1.66. The van der Waals surface area contributed by atoms with Crippen molar-refractivity contribution in [2.75, 3.05) is 13.1 Å². The molecular weight excluding hydrogens is 320 g/mol. The van der Waals surface area contributed by atoms with Crippen LogP contribution >= 0.6 is 0 Å². The van der Waals surface area contributed by atoms with E-state index in [9.17, 15) is 8.42 Å². The molecule has 1 aliphatic heterocycles. The molecule has 0 amide bonds. The van der Waals surface area contributed by atoms with E-state index in [0.717, 1.165) is 24.0 Å². The molecule has 2 N–H and O–H groups in total. The number of hydrogen-bond donors (Lipinski definition) is 1. The zero-order chi connectivity index (χ0) is 17.2. The molecule has 0 spiro atoms. The molecule has 128 valence electrons. The van der Waals surface area contributed by atoms with Gasteiger partial charge in [0.05, 0.1) is 4.90 Å². The van der Waals surface area contributed by atoms with Gasteiger partial charge in [0.25, 0.3) is 0 Å². The Morgan fingerprint density at radius 2 is 1.62 bits per heavy atom. The smallest absolute Gasteiger partial charge is 0.243 e. The average molecular weight is 344 g/mol. The second-order valence-corrected chi connectivity index (χ2v) is 8.43. The molecule has 4 nitrogen and oxygen atoms in total. The second-order valence-electron chi connectivity index (χ2n) is 6.49. The standard InChI is InChI=1S/C19H24N2O2S/c1-15(20)16-10-12-21(13-11-16)24(22,23)19-9-5-8-18(14-19)17-6-3-2-4-7-17/h2-9,14-16H,10-13,20H2,1H3. The Balaban J connectivity index is 1.83. The van der Waals surface area contributed by atoms with Crippen molar-refractivity contribution in [1.29, 1.82) is 0 Å². The van der Waals surface area contributed by atoms with Crippen LogP contribution in [-0.4, -0.2) is 31.9 Å². The minimum Gasteiger partial charge on any atom is -0.328 e. The first-order valence-corrected chi connectivity index (χ1v) is 9.84. The highest BCUT2D eigenvalue weighted by Gasteiger charge is 2.30. The molecule has 1 saturated heterocycles. The predicted octanol–water partition coefficient (Wildman–Crippen LogP) is 3.10. The largest absolute Gasteiger partial charge is 0.328 e. The number of nitrogens with zero attached hydrogens (tertiary/aromatic N) is 1. The van der Waals surface area contributed by atoms with Gasteiger partial charge in [-0.2, -0.15) is 4.31 Å². The van der Waals surface area contributed by atoms with Crippen LogP contribution in [0.15, 0.2) is 59.5 Å². The summed E-state index contributed by atoms with van der Waals surface area (Å²) in [5, 5.41) is 0. The fraction of sp³-hybridized carbons (Fsp3) is 0.368. The first kappa shape index (κ1) is 17.1. The zero-order valence-electron chi connectivity index (χ0n) is 13.9. The fourth-order valence-corrected chi connectivity index (χ4v) is 4.77. The molecule has 1 aliphatic rings. The Hall–Kier alpha value is -1.69. The minimum absolute atomic E-state index is 0.122. The van der Waals surface area contributed by atoms with Crippen LogP contribution in [0.2, 0.25) is 0 Å². The van der Waals surface area contributed by atoms with Crippen molar-refractivity contribution in [3.8, 4) is 11.1 Å². The Morgan fingerprint density at radius 3 is 2.25 bits per heavy atom. The number of hydrogen-bond acceptors (Lipinski definition) is 3. The van der Waals surface area contributed by atoms with Crippen LogP contribution in [0.5, 0.6) is 0 Å². The minimum atomic E-state index is -3.45. The summed E-state index contributed by atoms with van der Waals surface area (Å²) >= 11 is 0. The maximum absolute atomic E-state index is 12.9. The lowest BCUT2D eigenvalue weighted by molar-refractivity contribution is 0.250. The van der Waals surface area contributed by atoms with Gasteiger partial charge in [-0.05, 0) is 48.9 Å². The SMILES string of the molecule is CC(N)C1CCN(S(=O)(=O)c2cccc(-c3ccccc3)c2)CC1. The highest BCUT2D eigenvalue weighted by molar-refractivity contribution is 7.89. The quantitative estimate of drug-likeness (QED) is 0.927. The molecule has 1 fully saturated rings. The lowest BCUT2D eigenvalue weighted by Crippen LogP contribution is -2.42. The van der Waals surface area contributed by atoms with Gasteiger partial charge in [0.1, 0.15) is 0 Å². The molecule has 0 aromatic heterocycles. The summed E-state index contributed by atoms with van der Waals surface area (Å²) in [7, 11) is -3.45. The lowest BCUT2D eigenvalue weighted by Gasteiger charge is -2.33. The van der Waals surface area contributed by atoms with Crippen LogP contribution in [0.3, 0.4) is 0 Å². The van der Waals surface area contributed by atoms with Crippen LogP contribution in [0, 0.1) is 5.92 Å². The van der Waals surface area contributed by atoms with Gasteiger partial charge >= 0.3 is 0 Å². The second kappa shape index (κ2) is 7.05. The van der Waals surface area contributed by atoms with E-state index in [1.54, 1.807) is 16.4 Å². The van der Waals surface area contributed by atoms with E-state index in [-0.39, 0.29) is 6.04 Å². The molecule has 3 rings (SSSR count). The third-order valence-electron chi connectivity index (χ3n) is 4.82. The fourth-order valence-electron chi connectivity index (χ4n) is 3.26. The number of benzene rings is 2. The molecule has 0 bridgehead atoms.